The Bertz CT molecular complexity index is 2500. The smallest absolute Gasteiger partial charge is 0.340 e. The molecule has 0 amide bonds. The van der Waals surface area contributed by atoms with Gasteiger partial charge in [0.15, 0.2) is 23.9 Å². The fourth-order valence-electron chi connectivity index (χ4n) is 9.38. The van der Waals surface area contributed by atoms with E-state index >= 15 is 0 Å². The van der Waals surface area contributed by atoms with Crippen molar-refractivity contribution < 1.29 is 18.6 Å². The van der Waals surface area contributed by atoms with Crippen LogP contribution in [0.4, 0.5) is 0 Å². The molecule has 3 atom stereocenters. The summed E-state index contributed by atoms with van der Waals surface area (Å²) in [6.07, 6.45) is 28.4. The molecule has 3 unspecified atom stereocenters. The first kappa shape index (κ1) is 36.4. The minimum absolute atomic E-state index is 0.188. The van der Waals surface area contributed by atoms with Crippen molar-refractivity contribution in [2.45, 2.75) is 129 Å². The van der Waals surface area contributed by atoms with E-state index in [9.17, 15) is 0 Å². The Labute approximate surface area is 338 Å². The van der Waals surface area contributed by atoms with Crippen LogP contribution in [0, 0.1) is 6.92 Å². The Morgan fingerprint density at radius 3 is 1.79 bits per heavy atom. The SMILES string of the molecule is Cc1cc(Cn2cc(CCCn3ccnc3)nn2)cc2c1OC13Oc4c(cc(Cn5cc(CCCn6ccnc6)nn5)cc4C(C)(C)C)C=[N+]1C1CCCCC1[N+]3=C2. The van der Waals surface area contributed by atoms with Gasteiger partial charge in [0.1, 0.15) is 0 Å². The minimum Gasteiger partial charge on any atom is -0.340 e. The molecule has 6 aromatic rings. The molecule has 0 N–H and O–H groups in total. The summed E-state index contributed by atoms with van der Waals surface area (Å²) in [5, 5.41) is 18.0. The van der Waals surface area contributed by atoms with Crippen LogP contribution in [0.25, 0.3) is 0 Å². The zero-order chi connectivity index (χ0) is 39.4. The molecule has 1 spiro atoms. The number of aryl methyl sites for hydroxylation is 5. The van der Waals surface area contributed by atoms with Gasteiger partial charge in [0.2, 0.25) is 12.1 Å². The second-order valence-corrected chi connectivity index (χ2v) is 17.5. The van der Waals surface area contributed by atoms with E-state index in [0.717, 1.165) is 102 Å². The van der Waals surface area contributed by atoms with Gasteiger partial charge in [0.05, 0.1) is 48.3 Å². The molecule has 58 heavy (non-hydrogen) atoms. The van der Waals surface area contributed by atoms with Gasteiger partial charge in [-0.05, 0) is 85.8 Å². The van der Waals surface area contributed by atoms with E-state index < -0.39 is 6.03 Å². The van der Waals surface area contributed by atoms with Gasteiger partial charge in [-0.15, -0.1) is 10.2 Å². The number of aromatic nitrogens is 10. The number of hydrogen-bond donors (Lipinski definition) is 0. The second-order valence-electron chi connectivity index (χ2n) is 17.5. The molecule has 4 aromatic heterocycles. The molecule has 14 nitrogen and oxygen atoms in total. The monoisotopic (exact) mass is 780 g/mol. The maximum Gasteiger partial charge on any atom is 0.704 e. The van der Waals surface area contributed by atoms with Crippen molar-refractivity contribution >= 4 is 12.4 Å². The zero-order valence-electron chi connectivity index (χ0n) is 33.9. The molecule has 10 rings (SSSR count). The van der Waals surface area contributed by atoms with Gasteiger partial charge < -0.3 is 18.6 Å². The highest BCUT2D eigenvalue weighted by Gasteiger charge is 2.76. The Hall–Kier alpha value is -5.92. The Morgan fingerprint density at radius 2 is 1.26 bits per heavy atom. The molecular weight excluding hydrogens is 729 g/mol. The third kappa shape index (κ3) is 6.81. The van der Waals surface area contributed by atoms with Crippen LogP contribution in [0.15, 0.2) is 74.1 Å². The molecule has 0 radical (unpaired) electrons. The van der Waals surface area contributed by atoms with Crippen LogP contribution in [-0.4, -0.2) is 88.8 Å². The van der Waals surface area contributed by atoms with Crippen molar-refractivity contribution in [1.82, 2.24) is 49.1 Å². The fourth-order valence-corrected chi connectivity index (χ4v) is 9.38. The van der Waals surface area contributed by atoms with Gasteiger partial charge in [0.25, 0.3) is 0 Å². The summed E-state index contributed by atoms with van der Waals surface area (Å²) < 4.78 is 27.5. The highest BCUT2D eigenvalue weighted by Crippen LogP contribution is 2.47. The summed E-state index contributed by atoms with van der Waals surface area (Å²) in [6.45, 7) is 12.0. The number of imidazole rings is 2. The number of ether oxygens (including phenoxy) is 2. The number of nitrogens with zero attached hydrogens (tertiary/aromatic N) is 12. The summed E-state index contributed by atoms with van der Waals surface area (Å²) in [7, 11) is 0. The first-order valence-corrected chi connectivity index (χ1v) is 20.8. The normalized spacial score (nSPS) is 20.6. The molecule has 1 aliphatic carbocycles. The molecule has 3 aliphatic heterocycles. The fraction of sp³-hybridized carbons (Fsp3) is 0.455. The Balaban J connectivity index is 0.928. The molecule has 2 aromatic carbocycles. The van der Waals surface area contributed by atoms with E-state index in [1.165, 1.54) is 18.4 Å². The van der Waals surface area contributed by atoms with E-state index in [0.29, 0.717) is 13.1 Å². The summed E-state index contributed by atoms with van der Waals surface area (Å²) in [6, 6.07) is 8.44. The molecular formula is C44H52N12O2+2. The second kappa shape index (κ2) is 14.5. The third-order valence-corrected chi connectivity index (χ3v) is 12.1. The summed E-state index contributed by atoms with van der Waals surface area (Å²) in [5.41, 5.74) is 8.52. The maximum absolute atomic E-state index is 7.38. The van der Waals surface area contributed by atoms with Crippen molar-refractivity contribution in [3.8, 4) is 11.5 Å². The van der Waals surface area contributed by atoms with Gasteiger partial charge in [-0.25, -0.2) is 19.3 Å². The van der Waals surface area contributed by atoms with Crippen LogP contribution >= 0.6 is 0 Å². The first-order chi connectivity index (χ1) is 28.2. The minimum atomic E-state index is -1.11. The van der Waals surface area contributed by atoms with Crippen LogP contribution in [0.1, 0.15) is 104 Å². The lowest BCUT2D eigenvalue weighted by atomic mass is 9.83. The van der Waals surface area contributed by atoms with Crippen molar-refractivity contribution in [2.24, 2.45) is 0 Å². The van der Waals surface area contributed by atoms with Crippen LogP contribution in [0.5, 0.6) is 11.5 Å². The van der Waals surface area contributed by atoms with Crippen molar-refractivity contribution in [1.29, 1.82) is 0 Å². The maximum atomic E-state index is 7.38. The van der Waals surface area contributed by atoms with Gasteiger partial charge in [-0.2, -0.15) is 0 Å². The van der Waals surface area contributed by atoms with Crippen LogP contribution in [-0.2, 0) is 44.4 Å². The highest BCUT2D eigenvalue weighted by molar-refractivity contribution is 5.84. The number of hydrogen-bond acceptors (Lipinski definition) is 8. The molecule has 1 saturated carbocycles. The lowest BCUT2D eigenvalue weighted by Gasteiger charge is -2.32. The topological polar surface area (TPSA) is 122 Å². The van der Waals surface area contributed by atoms with Crippen LogP contribution < -0.4 is 9.47 Å². The molecule has 1 saturated heterocycles. The molecule has 4 aliphatic rings. The lowest BCUT2D eigenvalue weighted by molar-refractivity contribution is -0.866. The average molecular weight is 781 g/mol. The van der Waals surface area contributed by atoms with E-state index in [4.69, 9.17) is 9.47 Å². The van der Waals surface area contributed by atoms with Gasteiger partial charge in [0, 0.05) is 68.7 Å². The third-order valence-electron chi connectivity index (χ3n) is 12.1. The lowest BCUT2D eigenvalue weighted by Crippen LogP contribution is -2.60. The van der Waals surface area contributed by atoms with Crippen LogP contribution in [0.3, 0.4) is 0 Å². The Morgan fingerprint density at radius 1 is 0.724 bits per heavy atom. The molecule has 0 bridgehead atoms. The van der Waals surface area contributed by atoms with E-state index in [1.807, 2.05) is 46.8 Å². The van der Waals surface area contributed by atoms with E-state index in [-0.39, 0.29) is 17.5 Å². The predicted molar refractivity (Wildman–Crippen MR) is 217 cm³/mol. The largest absolute Gasteiger partial charge is 0.704 e. The highest BCUT2D eigenvalue weighted by atomic mass is 16.7. The summed E-state index contributed by atoms with van der Waals surface area (Å²) >= 11 is 0. The molecule has 7 heterocycles. The molecule has 2 fully saturated rings. The van der Waals surface area contributed by atoms with Crippen LogP contribution in [0.2, 0.25) is 0 Å². The summed E-state index contributed by atoms with van der Waals surface area (Å²) in [5.74, 6) is 1.74. The van der Waals surface area contributed by atoms with E-state index in [2.05, 4.69) is 126 Å². The molecule has 14 heteroatoms. The molecule has 298 valence electrons. The number of rotatable bonds is 12. The van der Waals surface area contributed by atoms with Gasteiger partial charge in [-0.3, -0.25) is 0 Å². The summed E-state index contributed by atoms with van der Waals surface area (Å²) in [4.78, 5) is 8.29. The van der Waals surface area contributed by atoms with Crippen molar-refractivity contribution in [3.05, 3.63) is 119 Å². The quantitative estimate of drug-likeness (QED) is 0.149. The number of fused-ring (bicyclic) bond motifs is 5. The van der Waals surface area contributed by atoms with Gasteiger partial charge >= 0.3 is 6.03 Å². The average Bonchev–Trinajstić information content (AvgIpc) is 4.06. The standard InChI is InChI=1S/C44H52N12O2/c1-31-19-32(23-53-27-36(47-49-53)9-7-15-51-17-13-45-29-51)20-34-25-55-39-11-5-6-12-40(39)56-26-35-21-33(22-38(43(2,3)4)42(35)58-44(55,56)57-41(31)34)24-54-28-37(48-50-54)10-8-16-52-18-14-46-30-52/h13-14,17-22,25-30,39-40H,5-12,15-16,23-24H2,1-4H3/q+2. The predicted octanol–water partition coefficient (Wildman–Crippen LogP) is 5.51. The number of benzene rings is 2. The van der Waals surface area contributed by atoms with Crippen molar-refractivity contribution in [2.75, 3.05) is 0 Å². The zero-order valence-corrected chi connectivity index (χ0v) is 33.9. The van der Waals surface area contributed by atoms with Gasteiger partial charge in [-0.1, -0.05) is 46.4 Å². The van der Waals surface area contributed by atoms with E-state index in [1.54, 1.807) is 0 Å². The Kier molecular flexibility index (Phi) is 9.09. The van der Waals surface area contributed by atoms with Crippen molar-refractivity contribution in [3.63, 3.8) is 0 Å². The first-order valence-electron chi connectivity index (χ1n) is 20.8.